The van der Waals surface area contributed by atoms with Gasteiger partial charge in [-0.05, 0) is 37.1 Å². The summed E-state index contributed by atoms with van der Waals surface area (Å²) >= 11 is 1.57. The smallest absolute Gasteiger partial charge is 0.250 e. The molecule has 118 valence electrons. The summed E-state index contributed by atoms with van der Waals surface area (Å²) in [6.45, 7) is 4.25. The molecule has 1 fully saturated rings. The Bertz CT molecular complexity index is 665. The van der Waals surface area contributed by atoms with E-state index in [9.17, 15) is 9.59 Å². The summed E-state index contributed by atoms with van der Waals surface area (Å²) in [4.78, 5) is 26.5. The lowest BCUT2D eigenvalue weighted by Crippen LogP contribution is -2.49. The largest absolute Gasteiger partial charge is 0.341 e. The number of nitrogens with zero attached hydrogens (tertiary/aromatic N) is 2. The summed E-state index contributed by atoms with van der Waals surface area (Å²) in [5, 5.41) is 0. The number of carbonyl (C=O) groups is 1. The van der Waals surface area contributed by atoms with Crippen molar-refractivity contribution in [1.29, 1.82) is 0 Å². The van der Waals surface area contributed by atoms with Crippen molar-refractivity contribution < 1.29 is 4.79 Å². The van der Waals surface area contributed by atoms with Gasteiger partial charge < -0.3 is 9.47 Å². The molecular formula is C17H22N2O2S. The van der Waals surface area contributed by atoms with Crippen molar-refractivity contribution in [3.05, 3.63) is 39.8 Å². The third-order valence-corrected chi connectivity index (χ3v) is 5.13. The zero-order valence-electron chi connectivity index (χ0n) is 13.1. The molecule has 1 amide bonds. The highest BCUT2D eigenvalue weighted by Crippen LogP contribution is 2.37. The molecule has 2 aliphatic rings. The van der Waals surface area contributed by atoms with Crippen LogP contribution in [0.2, 0.25) is 0 Å². The minimum absolute atomic E-state index is 0.0850. The summed E-state index contributed by atoms with van der Waals surface area (Å²) in [7, 11) is 0. The standard InChI is InChI=1S/C17H22N2O2S/c1-3-4-13-5-6-15(20)19-9-12-7-14(17(13)19)10-18(8-12)16(21)11-22-2/h3-6,12,14H,7-11H2,1-2H3. The normalized spacial score (nSPS) is 23.6. The number of allylic oxidation sites excluding steroid dienone is 1. The number of piperidine rings is 1. The maximum atomic E-state index is 12.2. The van der Waals surface area contributed by atoms with E-state index in [1.807, 2.05) is 34.8 Å². The van der Waals surface area contributed by atoms with Crippen LogP contribution in [0.5, 0.6) is 0 Å². The van der Waals surface area contributed by atoms with Gasteiger partial charge in [-0.2, -0.15) is 11.8 Å². The average Bonchev–Trinajstić information content (AvgIpc) is 2.50. The summed E-state index contributed by atoms with van der Waals surface area (Å²) in [5.74, 6) is 1.44. The second-order valence-electron chi connectivity index (χ2n) is 6.15. The van der Waals surface area contributed by atoms with Crippen molar-refractivity contribution in [2.75, 3.05) is 25.1 Å². The number of carbonyl (C=O) groups excluding carboxylic acids is 1. The van der Waals surface area contributed by atoms with Gasteiger partial charge in [0.05, 0.1) is 5.75 Å². The third-order valence-electron chi connectivity index (χ3n) is 4.59. The average molecular weight is 318 g/mol. The SMILES string of the molecule is CC=Cc1ccc(=O)n2c1C1CC(CN(C(=O)CSC)C1)C2. The van der Waals surface area contributed by atoms with Gasteiger partial charge in [0, 0.05) is 37.3 Å². The van der Waals surface area contributed by atoms with Crippen LogP contribution < -0.4 is 5.56 Å². The number of hydrogen-bond acceptors (Lipinski definition) is 3. The first-order chi connectivity index (χ1) is 10.6. The monoisotopic (exact) mass is 318 g/mol. The lowest BCUT2D eigenvalue weighted by atomic mass is 9.81. The van der Waals surface area contributed by atoms with Crippen LogP contribution in [0.4, 0.5) is 0 Å². The molecule has 0 aliphatic carbocycles. The lowest BCUT2D eigenvalue weighted by Gasteiger charge is -2.43. The van der Waals surface area contributed by atoms with Crippen LogP contribution in [0.1, 0.15) is 30.5 Å². The Morgan fingerprint density at radius 1 is 1.36 bits per heavy atom. The highest BCUT2D eigenvalue weighted by molar-refractivity contribution is 7.99. The predicted octanol–water partition coefficient (Wildman–Crippen LogP) is 2.19. The molecule has 1 saturated heterocycles. The van der Waals surface area contributed by atoms with Crippen LogP contribution in [0.25, 0.3) is 6.08 Å². The first-order valence-electron chi connectivity index (χ1n) is 7.77. The van der Waals surface area contributed by atoms with E-state index in [1.54, 1.807) is 17.8 Å². The predicted molar refractivity (Wildman–Crippen MR) is 91.2 cm³/mol. The molecule has 2 unspecified atom stereocenters. The van der Waals surface area contributed by atoms with E-state index < -0.39 is 0 Å². The number of amides is 1. The van der Waals surface area contributed by atoms with Crippen molar-refractivity contribution >= 4 is 23.7 Å². The van der Waals surface area contributed by atoms with Gasteiger partial charge in [-0.25, -0.2) is 0 Å². The second-order valence-corrected chi connectivity index (χ2v) is 7.02. The molecule has 2 atom stereocenters. The van der Waals surface area contributed by atoms with Crippen molar-refractivity contribution in [2.45, 2.75) is 25.8 Å². The molecule has 0 spiro atoms. The molecule has 0 aromatic carbocycles. The van der Waals surface area contributed by atoms with Crippen LogP contribution in [0.15, 0.2) is 23.0 Å². The molecule has 3 rings (SSSR count). The molecule has 5 heteroatoms. The van der Waals surface area contributed by atoms with Crippen LogP contribution >= 0.6 is 11.8 Å². The van der Waals surface area contributed by atoms with Crippen LogP contribution in [0, 0.1) is 5.92 Å². The molecule has 0 N–H and O–H groups in total. The molecule has 3 heterocycles. The van der Waals surface area contributed by atoms with Gasteiger partial charge in [-0.15, -0.1) is 0 Å². The minimum atomic E-state index is 0.0850. The van der Waals surface area contributed by atoms with E-state index in [0.29, 0.717) is 11.7 Å². The van der Waals surface area contributed by atoms with Gasteiger partial charge in [0.15, 0.2) is 0 Å². The Hall–Kier alpha value is -1.49. The summed E-state index contributed by atoms with van der Waals surface area (Å²) in [6, 6.07) is 3.58. The number of fused-ring (bicyclic) bond motifs is 4. The van der Waals surface area contributed by atoms with E-state index in [0.717, 1.165) is 37.3 Å². The minimum Gasteiger partial charge on any atom is -0.341 e. The Labute approximate surface area is 135 Å². The summed E-state index contributed by atoms with van der Waals surface area (Å²) in [6.07, 6.45) is 7.11. The maximum Gasteiger partial charge on any atom is 0.250 e. The quantitative estimate of drug-likeness (QED) is 0.858. The second kappa shape index (κ2) is 6.32. The van der Waals surface area contributed by atoms with Crippen molar-refractivity contribution in [2.24, 2.45) is 5.92 Å². The van der Waals surface area contributed by atoms with Gasteiger partial charge >= 0.3 is 0 Å². The van der Waals surface area contributed by atoms with Gasteiger partial charge in [-0.3, -0.25) is 9.59 Å². The molecule has 2 aliphatic heterocycles. The van der Waals surface area contributed by atoms with Crippen molar-refractivity contribution in [3.63, 3.8) is 0 Å². The Balaban J connectivity index is 1.98. The molecule has 22 heavy (non-hydrogen) atoms. The van der Waals surface area contributed by atoms with Crippen molar-refractivity contribution in [1.82, 2.24) is 9.47 Å². The Kier molecular flexibility index (Phi) is 4.43. The maximum absolute atomic E-state index is 12.2. The molecule has 0 saturated carbocycles. The van der Waals surface area contributed by atoms with Crippen LogP contribution in [-0.2, 0) is 11.3 Å². The van der Waals surface area contributed by atoms with Crippen LogP contribution in [0.3, 0.4) is 0 Å². The fourth-order valence-corrected chi connectivity index (χ4v) is 4.22. The van der Waals surface area contributed by atoms with E-state index in [4.69, 9.17) is 0 Å². The number of aromatic nitrogens is 1. The Morgan fingerprint density at radius 3 is 2.91 bits per heavy atom. The Morgan fingerprint density at radius 2 is 2.18 bits per heavy atom. The first kappa shape index (κ1) is 15.4. The highest BCUT2D eigenvalue weighted by atomic mass is 32.2. The highest BCUT2D eigenvalue weighted by Gasteiger charge is 2.37. The van der Waals surface area contributed by atoms with E-state index in [-0.39, 0.29) is 17.4 Å². The van der Waals surface area contributed by atoms with E-state index in [2.05, 4.69) is 6.08 Å². The topological polar surface area (TPSA) is 42.3 Å². The number of thioether (sulfide) groups is 1. The number of hydrogen-bond donors (Lipinski definition) is 0. The fraction of sp³-hybridized carbons (Fsp3) is 0.529. The molecule has 2 bridgehead atoms. The van der Waals surface area contributed by atoms with Gasteiger partial charge in [0.25, 0.3) is 5.56 Å². The zero-order valence-corrected chi connectivity index (χ0v) is 13.9. The molecular weight excluding hydrogens is 296 g/mol. The van der Waals surface area contributed by atoms with Crippen LogP contribution in [-0.4, -0.2) is 40.5 Å². The number of pyridine rings is 1. The molecule has 1 aromatic heterocycles. The van der Waals surface area contributed by atoms with Crippen molar-refractivity contribution in [3.8, 4) is 0 Å². The first-order valence-corrected chi connectivity index (χ1v) is 9.16. The van der Waals surface area contributed by atoms with Gasteiger partial charge in [0.2, 0.25) is 5.91 Å². The fourth-order valence-electron chi connectivity index (χ4n) is 3.79. The lowest BCUT2D eigenvalue weighted by molar-refractivity contribution is -0.131. The third kappa shape index (κ3) is 2.74. The zero-order chi connectivity index (χ0) is 15.7. The molecule has 4 nitrogen and oxygen atoms in total. The van der Waals surface area contributed by atoms with Gasteiger partial charge in [-0.1, -0.05) is 12.2 Å². The molecule has 1 aromatic rings. The van der Waals surface area contributed by atoms with E-state index >= 15 is 0 Å². The summed E-state index contributed by atoms with van der Waals surface area (Å²) in [5.41, 5.74) is 2.31. The summed E-state index contributed by atoms with van der Waals surface area (Å²) < 4.78 is 1.94. The number of likely N-dealkylation sites (tertiary alicyclic amines) is 1. The van der Waals surface area contributed by atoms with Gasteiger partial charge in [0.1, 0.15) is 0 Å². The molecule has 0 radical (unpaired) electrons. The number of rotatable bonds is 3. The van der Waals surface area contributed by atoms with E-state index in [1.165, 1.54) is 0 Å².